The minimum atomic E-state index is -4.47. The average molecular weight is 251 g/mol. The van der Waals surface area contributed by atoms with Gasteiger partial charge in [-0.3, -0.25) is 9.48 Å². The van der Waals surface area contributed by atoms with Crippen LogP contribution in [0.25, 0.3) is 0 Å². The molecule has 1 unspecified atom stereocenters. The highest BCUT2D eigenvalue weighted by Gasteiger charge is 2.33. The Morgan fingerprint density at radius 3 is 2.71 bits per heavy atom. The van der Waals surface area contributed by atoms with Crippen molar-refractivity contribution in [3.05, 3.63) is 18.0 Å². The summed E-state index contributed by atoms with van der Waals surface area (Å²) in [7, 11) is 1.48. The van der Waals surface area contributed by atoms with Crippen molar-refractivity contribution in [1.82, 2.24) is 15.1 Å². The molecule has 8 heteroatoms. The number of alkyl halides is 3. The molecular weight excluding hydrogens is 239 g/mol. The number of carbonyl (C=O) groups is 1. The Hall–Kier alpha value is -1.57. The third-order valence-corrected chi connectivity index (χ3v) is 2.22. The van der Waals surface area contributed by atoms with Crippen LogP contribution in [0.2, 0.25) is 0 Å². The van der Waals surface area contributed by atoms with E-state index in [1.165, 1.54) is 13.2 Å². The Labute approximate surface area is 95.2 Å². The van der Waals surface area contributed by atoms with E-state index >= 15 is 0 Å². The molecule has 0 fully saturated rings. The number of aryl methyl sites for hydroxylation is 1. The highest BCUT2D eigenvalue weighted by Crippen LogP contribution is 2.27. The summed E-state index contributed by atoms with van der Waals surface area (Å²) in [6.45, 7) is 0.105. The normalized spacial score (nSPS) is 13.6. The van der Waals surface area contributed by atoms with E-state index in [0.717, 1.165) is 10.7 Å². The fraction of sp³-hybridized carbons (Fsp3) is 0.556. The Balaban J connectivity index is 2.58. The number of aromatic nitrogens is 2. The first-order valence-corrected chi connectivity index (χ1v) is 4.85. The lowest BCUT2D eigenvalue weighted by Crippen LogP contribution is -2.34. The summed E-state index contributed by atoms with van der Waals surface area (Å²) < 4.78 is 37.7. The lowest BCUT2D eigenvalue weighted by molar-refractivity contribution is -0.142. The predicted molar refractivity (Wildman–Crippen MR) is 52.3 cm³/mol. The Morgan fingerprint density at radius 2 is 2.29 bits per heavy atom. The number of carboxylic acid groups (broad SMARTS) is 1. The van der Waals surface area contributed by atoms with Gasteiger partial charge in [-0.15, -0.1) is 0 Å². The number of likely N-dealkylation sites (N-methyl/N-ethyl adjacent to an activating group) is 1. The molecule has 0 spiro atoms. The monoisotopic (exact) mass is 251 g/mol. The molecule has 0 saturated carbocycles. The zero-order valence-corrected chi connectivity index (χ0v) is 9.03. The van der Waals surface area contributed by atoms with Crippen molar-refractivity contribution in [3.8, 4) is 0 Å². The quantitative estimate of drug-likeness (QED) is 0.818. The van der Waals surface area contributed by atoms with Gasteiger partial charge in [-0.25, -0.2) is 0 Å². The number of hydrogen-bond donors (Lipinski definition) is 2. The molecule has 0 radical (unpaired) electrons. The Bertz CT molecular complexity index is 389. The van der Waals surface area contributed by atoms with Crippen molar-refractivity contribution in [1.29, 1.82) is 0 Å². The molecule has 0 bridgehead atoms. The average Bonchev–Trinajstić information content (AvgIpc) is 2.66. The van der Waals surface area contributed by atoms with Crippen molar-refractivity contribution < 1.29 is 23.1 Å². The highest BCUT2D eigenvalue weighted by atomic mass is 19.4. The van der Waals surface area contributed by atoms with Gasteiger partial charge in [-0.05, 0) is 19.5 Å². The maximum atomic E-state index is 12.2. The van der Waals surface area contributed by atoms with E-state index in [1.54, 1.807) is 0 Å². The van der Waals surface area contributed by atoms with Crippen LogP contribution in [0.5, 0.6) is 0 Å². The van der Waals surface area contributed by atoms with Crippen molar-refractivity contribution in [2.45, 2.75) is 25.2 Å². The topological polar surface area (TPSA) is 67.2 Å². The van der Waals surface area contributed by atoms with Gasteiger partial charge in [0.15, 0.2) is 5.69 Å². The molecule has 0 amide bonds. The standard InChI is InChI=1S/C9H12F3N3O2/c1-13-6(8(16)17)2-4-15-5-3-7(14-15)9(10,11)12/h3,5-6,13H,2,4H2,1H3,(H,16,17). The molecule has 0 aromatic carbocycles. The van der Waals surface area contributed by atoms with E-state index in [9.17, 15) is 18.0 Å². The van der Waals surface area contributed by atoms with Crippen LogP contribution in [-0.2, 0) is 17.5 Å². The number of aliphatic carboxylic acids is 1. The van der Waals surface area contributed by atoms with Gasteiger partial charge in [0.25, 0.3) is 0 Å². The lowest BCUT2D eigenvalue weighted by atomic mass is 10.2. The summed E-state index contributed by atoms with van der Waals surface area (Å²) in [5.74, 6) is -1.05. The van der Waals surface area contributed by atoms with Crippen molar-refractivity contribution >= 4 is 5.97 Å². The third-order valence-electron chi connectivity index (χ3n) is 2.22. The molecule has 96 valence electrons. The molecule has 5 nitrogen and oxygen atoms in total. The summed E-state index contributed by atoms with van der Waals surface area (Å²) in [4.78, 5) is 10.6. The zero-order chi connectivity index (χ0) is 13.1. The number of hydrogen-bond acceptors (Lipinski definition) is 3. The van der Waals surface area contributed by atoms with Crippen LogP contribution in [0.3, 0.4) is 0 Å². The smallest absolute Gasteiger partial charge is 0.435 e. The third kappa shape index (κ3) is 3.74. The Morgan fingerprint density at radius 1 is 1.65 bits per heavy atom. The molecule has 1 aromatic heterocycles. The van der Waals surface area contributed by atoms with Gasteiger partial charge >= 0.3 is 12.1 Å². The van der Waals surface area contributed by atoms with Crippen LogP contribution in [0.1, 0.15) is 12.1 Å². The second kappa shape index (κ2) is 5.17. The van der Waals surface area contributed by atoms with E-state index in [4.69, 9.17) is 5.11 Å². The molecule has 0 saturated heterocycles. The van der Waals surface area contributed by atoms with Gasteiger partial charge in [0.1, 0.15) is 6.04 Å². The summed E-state index contributed by atoms with van der Waals surface area (Å²) in [6.07, 6.45) is -3.14. The van der Waals surface area contributed by atoms with E-state index in [1.807, 2.05) is 0 Å². The maximum absolute atomic E-state index is 12.2. The first kappa shape index (κ1) is 13.5. The van der Waals surface area contributed by atoms with E-state index in [0.29, 0.717) is 0 Å². The molecule has 1 aromatic rings. The number of rotatable bonds is 5. The molecule has 1 atom stereocenters. The van der Waals surface area contributed by atoms with Crippen LogP contribution in [-0.4, -0.2) is 33.9 Å². The minimum absolute atomic E-state index is 0.105. The largest absolute Gasteiger partial charge is 0.480 e. The molecule has 17 heavy (non-hydrogen) atoms. The van der Waals surface area contributed by atoms with Crippen molar-refractivity contribution in [2.75, 3.05) is 7.05 Å². The van der Waals surface area contributed by atoms with Gasteiger partial charge < -0.3 is 10.4 Å². The summed E-state index contributed by atoms with van der Waals surface area (Å²) in [6, 6.07) is 0.0586. The van der Waals surface area contributed by atoms with E-state index < -0.39 is 23.9 Å². The lowest BCUT2D eigenvalue weighted by Gasteiger charge is -2.10. The fourth-order valence-corrected chi connectivity index (χ4v) is 1.29. The number of nitrogens with one attached hydrogen (secondary N) is 1. The first-order chi connectivity index (χ1) is 7.84. The summed E-state index contributed by atoms with van der Waals surface area (Å²) in [5, 5.41) is 14.6. The van der Waals surface area contributed by atoms with Crippen LogP contribution in [0.4, 0.5) is 13.2 Å². The second-order valence-corrected chi connectivity index (χ2v) is 3.43. The molecule has 2 N–H and O–H groups in total. The Kier molecular flexibility index (Phi) is 4.11. The van der Waals surface area contributed by atoms with Gasteiger partial charge in [-0.2, -0.15) is 18.3 Å². The minimum Gasteiger partial charge on any atom is -0.480 e. The molecule has 0 aliphatic carbocycles. The maximum Gasteiger partial charge on any atom is 0.435 e. The van der Waals surface area contributed by atoms with Gasteiger partial charge in [0, 0.05) is 12.7 Å². The fourth-order valence-electron chi connectivity index (χ4n) is 1.29. The van der Waals surface area contributed by atoms with E-state index in [2.05, 4.69) is 10.4 Å². The van der Waals surface area contributed by atoms with Crippen LogP contribution < -0.4 is 5.32 Å². The van der Waals surface area contributed by atoms with E-state index in [-0.39, 0.29) is 13.0 Å². The molecule has 1 rings (SSSR count). The summed E-state index contributed by atoms with van der Waals surface area (Å²) in [5.41, 5.74) is -0.978. The second-order valence-electron chi connectivity index (χ2n) is 3.43. The van der Waals surface area contributed by atoms with Gasteiger partial charge in [-0.1, -0.05) is 0 Å². The van der Waals surface area contributed by atoms with Gasteiger partial charge in [0.05, 0.1) is 0 Å². The molecule has 1 heterocycles. The predicted octanol–water partition coefficient (Wildman–Crippen LogP) is 0.965. The molecule has 0 aliphatic heterocycles. The first-order valence-electron chi connectivity index (χ1n) is 4.85. The van der Waals surface area contributed by atoms with Crippen LogP contribution in [0.15, 0.2) is 12.3 Å². The van der Waals surface area contributed by atoms with Gasteiger partial charge in [0.2, 0.25) is 0 Å². The molecular formula is C9H12F3N3O2. The van der Waals surface area contributed by atoms with Crippen LogP contribution >= 0.6 is 0 Å². The SMILES string of the molecule is CNC(CCn1ccc(C(F)(F)F)n1)C(=O)O. The number of carboxylic acids is 1. The highest BCUT2D eigenvalue weighted by molar-refractivity contribution is 5.73. The summed E-state index contributed by atoms with van der Waals surface area (Å²) >= 11 is 0. The number of halogens is 3. The number of nitrogens with zero attached hydrogens (tertiary/aromatic N) is 2. The zero-order valence-electron chi connectivity index (χ0n) is 9.03. The van der Waals surface area contributed by atoms with Crippen molar-refractivity contribution in [2.24, 2.45) is 0 Å². The van der Waals surface area contributed by atoms with Crippen LogP contribution in [0, 0.1) is 0 Å². The van der Waals surface area contributed by atoms with Crippen molar-refractivity contribution in [3.63, 3.8) is 0 Å². The molecule has 0 aliphatic rings.